The first-order chi connectivity index (χ1) is 6.24. The normalized spacial score (nSPS) is 27.6. The van der Waals surface area contributed by atoms with Crippen molar-refractivity contribution in [2.75, 3.05) is 19.7 Å². The lowest BCUT2D eigenvalue weighted by Gasteiger charge is -2.26. The fourth-order valence-corrected chi connectivity index (χ4v) is 1.69. The Morgan fingerprint density at radius 1 is 1.69 bits per heavy atom. The maximum Gasteiger partial charge on any atom is 0.0674 e. The average Bonchev–Trinajstić information content (AvgIpc) is 2.30. The standard InChI is InChI=1S/C10H18N2O/c1-9(4-5-11)12-6-3-7-13-10(2)8-12/h9-10H,3-4,6-8H2,1-2H3. The lowest BCUT2D eigenvalue weighted by atomic mass is 10.2. The van der Waals surface area contributed by atoms with Gasteiger partial charge in [0, 0.05) is 25.7 Å². The maximum atomic E-state index is 8.60. The highest BCUT2D eigenvalue weighted by Gasteiger charge is 2.19. The first-order valence-corrected chi connectivity index (χ1v) is 4.96. The molecule has 0 aromatic carbocycles. The Hall–Kier alpha value is -0.590. The molecule has 1 aliphatic heterocycles. The van der Waals surface area contributed by atoms with Gasteiger partial charge in [-0.05, 0) is 20.3 Å². The van der Waals surface area contributed by atoms with Crippen molar-refractivity contribution in [2.24, 2.45) is 0 Å². The SMILES string of the molecule is CC1CN(C(C)CC#N)CCCO1. The molecule has 3 nitrogen and oxygen atoms in total. The molecule has 0 amide bonds. The van der Waals surface area contributed by atoms with Gasteiger partial charge < -0.3 is 4.74 Å². The highest BCUT2D eigenvalue weighted by atomic mass is 16.5. The van der Waals surface area contributed by atoms with Gasteiger partial charge in [-0.15, -0.1) is 0 Å². The second kappa shape index (κ2) is 5.21. The van der Waals surface area contributed by atoms with Crippen molar-refractivity contribution in [3.8, 4) is 6.07 Å². The molecule has 0 aromatic heterocycles. The molecule has 2 atom stereocenters. The number of nitrogens with zero attached hydrogens (tertiary/aromatic N) is 2. The van der Waals surface area contributed by atoms with Gasteiger partial charge in [-0.25, -0.2) is 0 Å². The smallest absolute Gasteiger partial charge is 0.0674 e. The van der Waals surface area contributed by atoms with Crippen LogP contribution in [-0.4, -0.2) is 36.7 Å². The Morgan fingerprint density at radius 3 is 3.15 bits per heavy atom. The summed E-state index contributed by atoms with van der Waals surface area (Å²) in [7, 11) is 0. The monoisotopic (exact) mass is 182 g/mol. The van der Waals surface area contributed by atoms with Crippen LogP contribution in [0.5, 0.6) is 0 Å². The average molecular weight is 182 g/mol. The largest absolute Gasteiger partial charge is 0.377 e. The van der Waals surface area contributed by atoms with Gasteiger partial charge in [-0.1, -0.05) is 0 Å². The van der Waals surface area contributed by atoms with E-state index in [0.29, 0.717) is 18.6 Å². The van der Waals surface area contributed by atoms with Gasteiger partial charge in [0.05, 0.1) is 18.6 Å². The van der Waals surface area contributed by atoms with Crippen molar-refractivity contribution in [3.05, 3.63) is 0 Å². The minimum atomic E-state index is 0.309. The molecule has 0 radical (unpaired) electrons. The summed E-state index contributed by atoms with van der Waals surface area (Å²) in [4.78, 5) is 2.35. The van der Waals surface area contributed by atoms with Crippen molar-refractivity contribution in [2.45, 2.75) is 38.8 Å². The number of nitriles is 1. The molecule has 1 fully saturated rings. The molecule has 1 heterocycles. The van der Waals surface area contributed by atoms with Crippen molar-refractivity contribution in [3.63, 3.8) is 0 Å². The molecular formula is C10H18N2O. The van der Waals surface area contributed by atoms with E-state index >= 15 is 0 Å². The summed E-state index contributed by atoms with van der Waals surface area (Å²) in [5.41, 5.74) is 0. The van der Waals surface area contributed by atoms with E-state index in [1.165, 1.54) is 0 Å². The molecule has 13 heavy (non-hydrogen) atoms. The number of ether oxygens (including phenoxy) is 1. The Balaban J connectivity index is 2.43. The highest BCUT2D eigenvalue weighted by molar-refractivity contribution is 4.81. The van der Waals surface area contributed by atoms with E-state index in [0.717, 1.165) is 26.1 Å². The van der Waals surface area contributed by atoms with Crippen LogP contribution in [0.15, 0.2) is 0 Å². The predicted octanol–water partition coefficient (Wildman–Crippen LogP) is 1.40. The summed E-state index contributed by atoms with van der Waals surface area (Å²) in [6.45, 7) is 7.09. The van der Waals surface area contributed by atoms with Crippen LogP contribution in [-0.2, 0) is 4.74 Å². The molecule has 0 spiro atoms. The molecule has 0 saturated carbocycles. The predicted molar refractivity (Wildman–Crippen MR) is 51.3 cm³/mol. The summed E-state index contributed by atoms with van der Waals surface area (Å²) in [5.74, 6) is 0. The topological polar surface area (TPSA) is 36.3 Å². The molecule has 74 valence electrons. The van der Waals surface area contributed by atoms with Gasteiger partial charge in [-0.3, -0.25) is 4.90 Å². The van der Waals surface area contributed by atoms with Gasteiger partial charge in [-0.2, -0.15) is 5.26 Å². The highest BCUT2D eigenvalue weighted by Crippen LogP contribution is 2.10. The van der Waals surface area contributed by atoms with Gasteiger partial charge in [0.1, 0.15) is 0 Å². The van der Waals surface area contributed by atoms with Crippen LogP contribution in [0.25, 0.3) is 0 Å². The van der Waals surface area contributed by atoms with Gasteiger partial charge in [0.2, 0.25) is 0 Å². The molecule has 0 aromatic rings. The van der Waals surface area contributed by atoms with Crippen LogP contribution in [0.3, 0.4) is 0 Å². The van der Waals surface area contributed by atoms with Gasteiger partial charge in [0.25, 0.3) is 0 Å². The third-order valence-corrected chi connectivity index (χ3v) is 2.49. The quantitative estimate of drug-likeness (QED) is 0.647. The van der Waals surface area contributed by atoms with Crippen LogP contribution in [0.4, 0.5) is 0 Å². The summed E-state index contributed by atoms with van der Waals surface area (Å²) in [5, 5.41) is 8.60. The van der Waals surface area contributed by atoms with Crippen LogP contribution < -0.4 is 0 Å². The number of hydrogen-bond donors (Lipinski definition) is 0. The Kier molecular flexibility index (Phi) is 4.20. The summed E-state index contributed by atoms with van der Waals surface area (Å²) >= 11 is 0. The van der Waals surface area contributed by atoms with Crippen molar-refractivity contribution in [1.82, 2.24) is 4.90 Å². The van der Waals surface area contributed by atoms with E-state index in [2.05, 4.69) is 24.8 Å². The molecule has 1 rings (SSSR count). The van der Waals surface area contributed by atoms with E-state index in [-0.39, 0.29) is 0 Å². The Morgan fingerprint density at radius 2 is 2.46 bits per heavy atom. The fraction of sp³-hybridized carbons (Fsp3) is 0.900. The second-order valence-corrected chi connectivity index (χ2v) is 3.74. The summed E-state index contributed by atoms with van der Waals surface area (Å²) in [6, 6.07) is 2.59. The van der Waals surface area contributed by atoms with Crippen molar-refractivity contribution in [1.29, 1.82) is 5.26 Å². The number of hydrogen-bond acceptors (Lipinski definition) is 3. The van der Waals surface area contributed by atoms with Crippen molar-refractivity contribution >= 4 is 0 Å². The molecule has 0 aliphatic carbocycles. The van der Waals surface area contributed by atoms with Crippen LogP contribution in [0.2, 0.25) is 0 Å². The first kappa shape index (κ1) is 10.5. The van der Waals surface area contributed by atoms with Gasteiger partial charge in [0.15, 0.2) is 0 Å². The number of rotatable bonds is 2. The minimum absolute atomic E-state index is 0.309. The molecule has 1 aliphatic rings. The third-order valence-electron chi connectivity index (χ3n) is 2.49. The van der Waals surface area contributed by atoms with Crippen LogP contribution in [0.1, 0.15) is 26.7 Å². The zero-order valence-corrected chi connectivity index (χ0v) is 8.49. The zero-order chi connectivity index (χ0) is 9.68. The maximum absolute atomic E-state index is 8.60. The van der Waals surface area contributed by atoms with Crippen LogP contribution >= 0.6 is 0 Å². The third kappa shape index (κ3) is 3.33. The van der Waals surface area contributed by atoms with E-state index in [1.807, 2.05) is 0 Å². The second-order valence-electron chi connectivity index (χ2n) is 3.74. The Bertz CT molecular complexity index is 188. The molecule has 0 bridgehead atoms. The molecule has 0 N–H and O–H groups in total. The fourth-order valence-electron chi connectivity index (χ4n) is 1.69. The minimum Gasteiger partial charge on any atom is -0.377 e. The Labute approximate surface area is 80.3 Å². The lowest BCUT2D eigenvalue weighted by Crippen LogP contribution is -2.37. The first-order valence-electron chi connectivity index (χ1n) is 4.96. The van der Waals surface area contributed by atoms with E-state index in [4.69, 9.17) is 10.00 Å². The lowest BCUT2D eigenvalue weighted by molar-refractivity contribution is 0.0624. The van der Waals surface area contributed by atoms with E-state index < -0.39 is 0 Å². The summed E-state index contributed by atoms with van der Waals surface area (Å²) in [6.07, 6.45) is 2.01. The molecular weight excluding hydrogens is 164 g/mol. The van der Waals surface area contributed by atoms with Gasteiger partial charge >= 0.3 is 0 Å². The zero-order valence-electron chi connectivity index (χ0n) is 8.49. The summed E-state index contributed by atoms with van der Waals surface area (Å²) < 4.78 is 5.54. The van der Waals surface area contributed by atoms with E-state index in [1.54, 1.807) is 0 Å². The van der Waals surface area contributed by atoms with E-state index in [9.17, 15) is 0 Å². The molecule has 2 unspecified atom stereocenters. The van der Waals surface area contributed by atoms with Crippen molar-refractivity contribution < 1.29 is 4.74 Å². The molecule has 1 saturated heterocycles. The molecule has 3 heteroatoms. The van der Waals surface area contributed by atoms with Crippen LogP contribution in [0, 0.1) is 11.3 Å².